The number of amides is 2. The Kier molecular flexibility index (Phi) is 3.17. The monoisotopic (exact) mass is 210 g/mol. The zero-order chi connectivity index (χ0) is 10.8. The van der Waals surface area contributed by atoms with Crippen molar-refractivity contribution >= 4 is 6.03 Å². The Balaban J connectivity index is 1.83. The van der Waals surface area contributed by atoms with E-state index in [9.17, 15) is 4.79 Å². The molecule has 1 aliphatic heterocycles. The first-order chi connectivity index (χ1) is 7.16. The Labute approximate surface area is 92.2 Å². The molecule has 86 valence electrons. The second-order valence-corrected chi connectivity index (χ2v) is 5.25. The van der Waals surface area contributed by atoms with Gasteiger partial charge in [0.1, 0.15) is 0 Å². The number of hydrogen-bond donors (Lipinski definition) is 1. The minimum atomic E-state index is 0.166. The van der Waals surface area contributed by atoms with Gasteiger partial charge >= 0.3 is 6.03 Å². The lowest BCUT2D eigenvalue weighted by Gasteiger charge is -2.38. The topological polar surface area (TPSA) is 32.3 Å². The number of carbonyl (C=O) groups is 1. The standard InChI is InChI=1S/C12H22N2O/c1-9-6-7-14(10(2)8-9)12(15)13-11-4-3-5-11/h9-11H,3-8H2,1-2H3,(H,13,15). The highest BCUT2D eigenvalue weighted by molar-refractivity contribution is 5.75. The molecule has 0 spiro atoms. The summed E-state index contributed by atoms with van der Waals surface area (Å²) in [6, 6.07) is 1.04. The Hall–Kier alpha value is -0.730. The van der Waals surface area contributed by atoms with Gasteiger partial charge in [0.15, 0.2) is 0 Å². The Bertz CT molecular complexity index is 238. The van der Waals surface area contributed by atoms with E-state index in [-0.39, 0.29) is 6.03 Å². The van der Waals surface area contributed by atoms with E-state index in [0.29, 0.717) is 12.1 Å². The van der Waals surface area contributed by atoms with Gasteiger partial charge in [-0.3, -0.25) is 0 Å². The summed E-state index contributed by atoms with van der Waals surface area (Å²) in [6.07, 6.45) is 5.92. The van der Waals surface area contributed by atoms with E-state index in [4.69, 9.17) is 0 Å². The highest BCUT2D eigenvalue weighted by Gasteiger charge is 2.29. The van der Waals surface area contributed by atoms with Gasteiger partial charge in [0.25, 0.3) is 0 Å². The van der Waals surface area contributed by atoms with Crippen molar-refractivity contribution in [3.05, 3.63) is 0 Å². The number of nitrogens with one attached hydrogen (secondary N) is 1. The summed E-state index contributed by atoms with van der Waals surface area (Å²) in [4.78, 5) is 13.9. The van der Waals surface area contributed by atoms with Gasteiger partial charge in [-0.1, -0.05) is 6.92 Å². The number of piperidine rings is 1. The lowest BCUT2D eigenvalue weighted by atomic mass is 9.92. The molecule has 1 saturated carbocycles. The van der Waals surface area contributed by atoms with Crippen molar-refractivity contribution in [2.45, 2.75) is 58.0 Å². The van der Waals surface area contributed by atoms with Gasteiger partial charge in [-0.2, -0.15) is 0 Å². The van der Waals surface area contributed by atoms with Crippen LogP contribution in [0.3, 0.4) is 0 Å². The molecular formula is C12H22N2O. The van der Waals surface area contributed by atoms with Crippen LogP contribution in [0.15, 0.2) is 0 Å². The fourth-order valence-electron chi connectivity index (χ4n) is 2.52. The van der Waals surface area contributed by atoms with E-state index >= 15 is 0 Å². The van der Waals surface area contributed by atoms with Gasteiger partial charge in [0, 0.05) is 18.6 Å². The normalized spacial score (nSPS) is 32.3. The molecule has 1 saturated heterocycles. The van der Waals surface area contributed by atoms with Crippen LogP contribution in [-0.2, 0) is 0 Å². The molecule has 2 fully saturated rings. The highest BCUT2D eigenvalue weighted by Crippen LogP contribution is 2.23. The largest absolute Gasteiger partial charge is 0.335 e. The number of urea groups is 1. The van der Waals surface area contributed by atoms with Crippen molar-refractivity contribution in [1.29, 1.82) is 0 Å². The van der Waals surface area contributed by atoms with E-state index in [0.717, 1.165) is 25.3 Å². The molecule has 1 N–H and O–H groups in total. The molecule has 0 aromatic heterocycles. The van der Waals surface area contributed by atoms with Crippen molar-refractivity contribution in [3.63, 3.8) is 0 Å². The molecule has 0 bridgehead atoms. The first-order valence-electron chi connectivity index (χ1n) is 6.24. The number of rotatable bonds is 1. The van der Waals surface area contributed by atoms with Gasteiger partial charge in [0.05, 0.1) is 0 Å². The second-order valence-electron chi connectivity index (χ2n) is 5.25. The van der Waals surface area contributed by atoms with Crippen molar-refractivity contribution < 1.29 is 4.79 Å². The van der Waals surface area contributed by atoms with Gasteiger partial charge in [-0.05, 0) is 44.9 Å². The molecule has 3 nitrogen and oxygen atoms in total. The Morgan fingerprint density at radius 2 is 2.00 bits per heavy atom. The summed E-state index contributed by atoms with van der Waals surface area (Å²) >= 11 is 0. The van der Waals surface area contributed by atoms with Crippen molar-refractivity contribution in [3.8, 4) is 0 Å². The van der Waals surface area contributed by atoms with Crippen molar-refractivity contribution in [2.24, 2.45) is 5.92 Å². The third kappa shape index (κ3) is 2.44. The van der Waals surface area contributed by atoms with E-state index in [2.05, 4.69) is 19.2 Å². The van der Waals surface area contributed by atoms with Crippen LogP contribution in [0.5, 0.6) is 0 Å². The van der Waals surface area contributed by atoms with Gasteiger partial charge < -0.3 is 10.2 Å². The van der Waals surface area contributed by atoms with E-state index < -0.39 is 0 Å². The van der Waals surface area contributed by atoms with Crippen LogP contribution in [0.1, 0.15) is 46.0 Å². The number of hydrogen-bond acceptors (Lipinski definition) is 1. The van der Waals surface area contributed by atoms with Crippen LogP contribution in [0, 0.1) is 5.92 Å². The van der Waals surface area contributed by atoms with Crippen LogP contribution in [0.4, 0.5) is 4.79 Å². The molecule has 0 radical (unpaired) electrons. The molecule has 2 aliphatic rings. The predicted molar refractivity (Wildman–Crippen MR) is 60.7 cm³/mol. The maximum atomic E-state index is 11.9. The molecule has 1 heterocycles. The Morgan fingerprint density at radius 3 is 2.53 bits per heavy atom. The van der Waals surface area contributed by atoms with E-state index in [1.54, 1.807) is 0 Å². The number of carbonyl (C=O) groups excluding carboxylic acids is 1. The first kappa shape index (κ1) is 10.8. The van der Waals surface area contributed by atoms with Crippen molar-refractivity contribution in [2.75, 3.05) is 6.54 Å². The average molecular weight is 210 g/mol. The smallest absolute Gasteiger partial charge is 0.317 e. The average Bonchev–Trinajstić information content (AvgIpc) is 2.11. The van der Waals surface area contributed by atoms with E-state index in [1.807, 2.05) is 4.90 Å². The summed E-state index contributed by atoms with van der Waals surface area (Å²) in [5.41, 5.74) is 0. The quantitative estimate of drug-likeness (QED) is 0.708. The van der Waals surface area contributed by atoms with Crippen LogP contribution in [0.2, 0.25) is 0 Å². The lowest BCUT2D eigenvalue weighted by Crippen LogP contribution is -2.52. The molecule has 0 aromatic carbocycles. The highest BCUT2D eigenvalue weighted by atomic mass is 16.2. The zero-order valence-corrected chi connectivity index (χ0v) is 9.83. The summed E-state index contributed by atoms with van der Waals surface area (Å²) in [7, 11) is 0. The van der Waals surface area contributed by atoms with Crippen molar-refractivity contribution in [1.82, 2.24) is 10.2 Å². The maximum Gasteiger partial charge on any atom is 0.317 e. The number of likely N-dealkylation sites (tertiary alicyclic amines) is 1. The van der Waals surface area contributed by atoms with Gasteiger partial charge in [0.2, 0.25) is 0 Å². The lowest BCUT2D eigenvalue weighted by molar-refractivity contribution is 0.133. The third-order valence-electron chi connectivity index (χ3n) is 3.83. The molecule has 2 amide bonds. The summed E-state index contributed by atoms with van der Waals surface area (Å²) < 4.78 is 0. The zero-order valence-electron chi connectivity index (χ0n) is 9.83. The summed E-state index contributed by atoms with van der Waals surface area (Å²) in [5.74, 6) is 0.771. The first-order valence-corrected chi connectivity index (χ1v) is 6.24. The van der Waals surface area contributed by atoms with Crippen LogP contribution >= 0.6 is 0 Å². The molecule has 1 aliphatic carbocycles. The summed E-state index contributed by atoms with van der Waals surface area (Å²) in [6.45, 7) is 5.37. The second kappa shape index (κ2) is 4.42. The van der Waals surface area contributed by atoms with Crippen LogP contribution < -0.4 is 5.32 Å². The minimum absolute atomic E-state index is 0.166. The predicted octanol–water partition coefficient (Wildman–Crippen LogP) is 2.37. The maximum absolute atomic E-state index is 11.9. The minimum Gasteiger partial charge on any atom is -0.335 e. The number of nitrogens with zero attached hydrogens (tertiary/aromatic N) is 1. The molecule has 15 heavy (non-hydrogen) atoms. The van der Waals surface area contributed by atoms with E-state index in [1.165, 1.54) is 19.3 Å². The molecule has 2 unspecified atom stereocenters. The van der Waals surface area contributed by atoms with Crippen LogP contribution in [-0.4, -0.2) is 29.6 Å². The SMILES string of the molecule is CC1CCN(C(=O)NC2CCC2)C(C)C1. The van der Waals surface area contributed by atoms with Gasteiger partial charge in [-0.15, -0.1) is 0 Å². The molecule has 0 aromatic rings. The molecule has 2 rings (SSSR count). The molecule has 3 heteroatoms. The summed E-state index contributed by atoms with van der Waals surface area (Å²) in [5, 5.41) is 3.12. The molecular weight excluding hydrogens is 188 g/mol. The third-order valence-corrected chi connectivity index (χ3v) is 3.83. The molecule has 2 atom stereocenters. The fraction of sp³-hybridized carbons (Fsp3) is 0.917. The fourth-order valence-corrected chi connectivity index (χ4v) is 2.52. The van der Waals surface area contributed by atoms with Crippen LogP contribution in [0.25, 0.3) is 0 Å². The Morgan fingerprint density at radius 1 is 1.27 bits per heavy atom. The van der Waals surface area contributed by atoms with Gasteiger partial charge in [-0.25, -0.2) is 4.79 Å².